The van der Waals surface area contributed by atoms with E-state index in [1.54, 1.807) is 0 Å². The Bertz CT molecular complexity index is 439. The van der Waals surface area contributed by atoms with Crippen molar-refractivity contribution in [2.24, 2.45) is 7.05 Å². The minimum atomic E-state index is -0.657. The molecule has 0 atom stereocenters. The van der Waals surface area contributed by atoms with Crippen molar-refractivity contribution in [2.45, 2.75) is 0 Å². The summed E-state index contributed by atoms with van der Waals surface area (Å²) in [5, 5.41) is 5.35. The van der Waals surface area contributed by atoms with Crippen molar-refractivity contribution in [1.82, 2.24) is 9.78 Å². The Hall–Kier alpha value is -1.33. The maximum Gasteiger partial charge on any atom is 0.270 e. The molecule has 1 aromatic heterocycles. The highest BCUT2D eigenvalue weighted by molar-refractivity contribution is 6.67. The number of aryl methyl sites for hydroxylation is 1. The van der Waals surface area contributed by atoms with E-state index < -0.39 is 11.1 Å². The van der Waals surface area contributed by atoms with E-state index in [-0.39, 0.29) is 16.5 Å². The highest BCUT2D eigenvalue weighted by atomic mass is 35.5. The summed E-state index contributed by atoms with van der Waals surface area (Å²) in [6, 6.07) is 1.34. The molecule has 0 fully saturated rings. The Kier molecular flexibility index (Phi) is 3.49. The first-order valence-corrected chi connectivity index (χ1v) is 4.57. The number of carbonyl (C=O) groups is 2. The molecule has 7 heteroatoms. The summed E-state index contributed by atoms with van der Waals surface area (Å²) in [6.07, 6.45) is 0. The largest absolute Gasteiger partial charge is 0.304 e. The molecule has 1 N–H and O–H groups in total. The third kappa shape index (κ3) is 2.81. The fraction of sp³-hybridized carbons (Fsp3) is 0.125. The standard InChI is InChI=1S/C8H7Cl2N3O2/c1-4(9)8(15)11-6-3-5(7(10)14)13(2)12-6/h3H,1H2,2H3,(H,11,12,15). The number of anilines is 1. The van der Waals surface area contributed by atoms with Crippen LogP contribution in [0.2, 0.25) is 0 Å². The van der Waals surface area contributed by atoms with Gasteiger partial charge in [0.25, 0.3) is 11.1 Å². The van der Waals surface area contributed by atoms with E-state index in [0.717, 1.165) is 0 Å². The first-order valence-electron chi connectivity index (χ1n) is 3.81. The zero-order valence-corrected chi connectivity index (χ0v) is 9.26. The van der Waals surface area contributed by atoms with Gasteiger partial charge in [-0.3, -0.25) is 14.3 Å². The molecule has 0 bridgehead atoms. The lowest BCUT2D eigenvalue weighted by Gasteiger charge is -1.97. The lowest BCUT2D eigenvalue weighted by Crippen LogP contribution is -2.11. The average Bonchev–Trinajstić information content (AvgIpc) is 2.46. The van der Waals surface area contributed by atoms with Crippen molar-refractivity contribution < 1.29 is 9.59 Å². The van der Waals surface area contributed by atoms with Crippen LogP contribution in [0.3, 0.4) is 0 Å². The quantitative estimate of drug-likeness (QED) is 0.651. The van der Waals surface area contributed by atoms with Crippen LogP contribution in [0.15, 0.2) is 17.7 Å². The lowest BCUT2D eigenvalue weighted by atomic mass is 10.4. The first kappa shape index (κ1) is 11.7. The molecule has 80 valence electrons. The highest BCUT2D eigenvalue weighted by Gasteiger charge is 2.13. The van der Waals surface area contributed by atoms with Gasteiger partial charge in [-0.25, -0.2) is 0 Å². The smallest absolute Gasteiger partial charge is 0.270 e. The summed E-state index contributed by atoms with van der Waals surface area (Å²) in [5.74, 6) is -0.392. The van der Waals surface area contributed by atoms with Crippen LogP contribution in [-0.4, -0.2) is 20.9 Å². The molecule has 1 heterocycles. The van der Waals surface area contributed by atoms with Crippen LogP contribution in [0.4, 0.5) is 5.82 Å². The van der Waals surface area contributed by atoms with Crippen molar-refractivity contribution in [3.8, 4) is 0 Å². The van der Waals surface area contributed by atoms with Gasteiger partial charge in [-0.1, -0.05) is 18.2 Å². The fourth-order valence-electron chi connectivity index (χ4n) is 0.896. The van der Waals surface area contributed by atoms with Gasteiger partial charge in [0.15, 0.2) is 5.82 Å². The minimum Gasteiger partial charge on any atom is -0.304 e. The van der Waals surface area contributed by atoms with Gasteiger partial charge in [0, 0.05) is 13.1 Å². The molecular weight excluding hydrogens is 241 g/mol. The Balaban J connectivity index is 2.89. The summed E-state index contributed by atoms with van der Waals surface area (Å²) >= 11 is 10.6. The van der Waals surface area contributed by atoms with E-state index >= 15 is 0 Å². The van der Waals surface area contributed by atoms with Crippen molar-refractivity contribution in [3.05, 3.63) is 23.4 Å². The number of hydrogen-bond donors (Lipinski definition) is 1. The molecule has 1 aromatic rings. The van der Waals surface area contributed by atoms with Gasteiger partial charge in [0.2, 0.25) is 0 Å². The minimum absolute atomic E-state index is 0.167. The van der Waals surface area contributed by atoms with Gasteiger partial charge >= 0.3 is 0 Å². The summed E-state index contributed by atoms with van der Waals surface area (Å²) in [4.78, 5) is 21.9. The molecule has 1 rings (SSSR count). The SMILES string of the molecule is C=C(Cl)C(=O)Nc1cc(C(=O)Cl)n(C)n1. The second-order valence-electron chi connectivity index (χ2n) is 2.67. The molecule has 0 radical (unpaired) electrons. The zero-order chi connectivity index (χ0) is 11.6. The molecule has 0 aliphatic rings. The van der Waals surface area contributed by atoms with Crippen LogP contribution in [0.25, 0.3) is 0 Å². The van der Waals surface area contributed by atoms with Crippen LogP contribution in [0.5, 0.6) is 0 Å². The molecule has 1 amide bonds. The summed E-state index contributed by atoms with van der Waals surface area (Å²) in [5.41, 5.74) is 0.173. The van der Waals surface area contributed by atoms with Crippen molar-refractivity contribution in [2.75, 3.05) is 5.32 Å². The normalized spacial score (nSPS) is 9.80. The second-order valence-corrected chi connectivity index (χ2v) is 3.47. The number of rotatable bonds is 3. The van der Waals surface area contributed by atoms with E-state index in [2.05, 4.69) is 17.0 Å². The molecule has 0 saturated heterocycles. The maximum absolute atomic E-state index is 11.1. The molecule has 0 spiro atoms. The summed E-state index contributed by atoms with van der Waals surface area (Å²) < 4.78 is 1.25. The predicted octanol–water partition coefficient (Wildman–Crippen LogP) is 1.49. The van der Waals surface area contributed by atoms with Crippen LogP contribution in [0.1, 0.15) is 10.5 Å². The van der Waals surface area contributed by atoms with E-state index in [0.29, 0.717) is 0 Å². The van der Waals surface area contributed by atoms with Crippen LogP contribution < -0.4 is 5.32 Å². The lowest BCUT2D eigenvalue weighted by molar-refractivity contribution is -0.112. The molecule has 15 heavy (non-hydrogen) atoms. The predicted molar refractivity (Wildman–Crippen MR) is 57.0 cm³/mol. The van der Waals surface area contributed by atoms with Crippen LogP contribution in [0, 0.1) is 0 Å². The van der Waals surface area contributed by atoms with Gasteiger partial charge in [-0.15, -0.1) is 0 Å². The molecular formula is C8H7Cl2N3O2. The third-order valence-electron chi connectivity index (χ3n) is 1.57. The number of nitrogens with one attached hydrogen (secondary N) is 1. The number of aromatic nitrogens is 2. The molecule has 0 saturated carbocycles. The van der Waals surface area contributed by atoms with E-state index in [1.165, 1.54) is 17.8 Å². The molecule has 0 aliphatic heterocycles. The van der Waals surface area contributed by atoms with Gasteiger partial charge in [0.05, 0.1) is 5.03 Å². The highest BCUT2D eigenvalue weighted by Crippen LogP contribution is 2.12. The van der Waals surface area contributed by atoms with E-state index in [9.17, 15) is 9.59 Å². The molecule has 0 unspecified atom stereocenters. The average molecular weight is 248 g/mol. The van der Waals surface area contributed by atoms with Crippen molar-refractivity contribution in [3.63, 3.8) is 0 Å². The maximum atomic E-state index is 11.1. The number of hydrogen-bond acceptors (Lipinski definition) is 3. The van der Waals surface area contributed by atoms with Gasteiger partial charge < -0.3 is 5.32 Å². The topological polar surface area (TPSA) is 64.0 Å². The molecule has 0 aromatic carbocycles. The summed E-state index contributed by atoms with van der Waals surface area (Å²) in [6.45, 7) is 3.24. The number of halogens is 2. The Morgan fingerprint density at radius 3 is 2.53 bits per heavy atom. The van der Waals surface area contributed by atoms with E-state index in [4.69, 9.17) is 23.2 Å². The van der Waals surface area contributed by atoms with Crippen LogP contribution >= 0.6 is 23.2 Å². The van der Waals surface area contributed by atoms with Gasteiger partial charge in [-0.05, 0) is 11.6 Å². The Labute approximate surface area is 95.7 Å². The molecule has 0 aliphatic carbocycles. The summed E-state index contributed by atoms with van der Waals surface area (Å²) in [7, 11) is 1.53. The number of amides is 1. The number of carbonyl (C=O) groups excluding carboxylic acids is 2. The zero-order valence-electron chi connectivity index (χ0n) is 7.75. The van der Waals surface area contributed by atoms with E-state index in [1.807, 2.05) is 0 Å². The molecule has 5 nitrogen and oxygen atoms in total. The van der Waals surface area contributed by atoms with Crippen LogP contribution in [-0.2, 0) is 11.8 Å². The van der Waals surface area contributed by atoms with Crippen molar-refractivity contribution in [1.29, 1.82) is 0 Å². The third-order valence-corrected chi connectivity index (χ3v) is 1.93. The Morgan fingerprint density at radius 1 is 1.53 bits per heavy atom. The van der Waals surface area contributed by atoms with Crippen molar-refractivity contribution >= 4 is 40.2 Å². The Morgan fingerprint density at radius 2 is 2.13 bits per heavy atom. The fourth-order valence-corrected chi connectivity index (χ4v) is 1.12. The monoisotopic (exact) mass is 247 g/mol. The van der Waals surface area contributed by atoms with Gasteiger partial charge in [0.1, 0.15) is 5.69 Å². The number of nitrogens with zero attached hydrogens (tertiary/aromatic N) is 2. The van der Waals surface area contributed by atoms with Gasteiger partial charge in [-0.2, -0.15) is 5.10 Å². The second kappa shape index (κ2) is 4.46. The first-order chi connectivity index (χ1) is 6.91.